The minimum absolute atomic E-state index is 0.152. The molecule has 0 atom stereocenters. The molecule has 134 valence electrons. The third-order valence-electron chi connectivity index (χ3n) is 4.94. The van der Waals surface area contributed by atoms with Crippen molar-refractivity contribution in [2.45, 2.75) is 18.8 Å². The Morgan fingerprint density at radius 1 is 0.880 bits per heavy atom. The van der Waals surface area contributed by atoms with Crippen LogP contribution in [0.5, 0.6) is 11.5 Å². The van der Waals surface area contributed by atoms with Crippen molar-refractivity contribution >= 4 is 23.2 Å². The second kappa shape index (κ2) is 8.31. The molecule has 0 saturated carbocycles. The highest BCUT2D eigenvalue weighted by Gasteiger charge is 2.29. The smallest absolute Gasteiger partial charge is 0.120 e. The lowest BCUT2D eigenvalue weighted by Crippen LogP contribution is -2.31. The van der Waals surface area contributed by atoms with Crippen molar-refractivity contribution in [1.82, 2.24) is 5.32 Å². The summed E-state index contributed by atoms with van der Waals surface area (Å²) in [7, 11) is 3.30. The largest absolute Gasteiger partial charge is 0.497 e. The van der Waals surface area contributed by atoms with Crippen LogP contribution in [0.2, 0.25) is 10.0 Å². The summed E-state index contributed by atoms with van der Waals surface area (Å²) in [6.45, 7) is 2.03. The van der Waals surface area contributed by atoms with Gasteiger partial charge in [0.05, 0.1) is 14.2 Å². The number of hydrogen-bond donors (Lipinski definition) is 1. The topological polar surface area (TPSA) is 30.5 Å². The van der Waals surface area contributed by atoms with Gasteiger partial charge in [-0.3, -0.25) is 0 Å². The number of ether oxygens (including phenoxy) is 2. The Hall–Kier alpha value is -1.42. The molecule has 3 rings (SSSR count). The fourth-order valence-electron chi connectivity index (χ4n) is 3.63. The van der Waals surface area contributed by atoms with Gasteiger partial charge in [0.1, 0.15) is 11.5 Å². The number of halogens is 2. The number of hydrogen-bond acceptors (Lipinski definition) is 3. The molecular weight excluding hydrogens is 357 g/mol. The summed E-state index contributed by atoms with van der Waals surface area (Å²) in [6.07, 6.45) is 2.19. The predicted molar refractivity (Wildman–Crippen MR) is 103 cm³/mol. The maximum atomic E-state index is 6.62. The summed E-state index contributed by atoms with van der Waals surface area (Å²) >= 11 is 13.2. The summed E-state index contributed by atoms with van der Waals surface area (Å²) in [6, 6.07) is 11.8. The van der Waals surface area contributed by atoms with Crippen LogP contribution in [0.15, 0.2) is 36.4 Å². The first-order chi connectivity index (χ1) is 12.1. The van der Waals surface area contributed by atoms with Gasteiger partial charge in [0, 0.05) is 16.0 Å². The monoisotopic (exact) mass is 379 g/mol. The highest BCUT2D eigenvalue weighted by Crippen LogP contribution is 2.43. The van der Waals surface area contributed by atoms with E-state index in [1.807, 2.05) is 24.3 Å². The van der Waals surface area contributed by atoms with Gasteiger partial charge in [-0.15, -0.1) is 0 Å². The maximum Gasteiger partial charge on any atom is 0.120 e. The molecule has 1 fully saturated rings. The van der Waals surface area contributed by atoms with E-state index in [0.717, 1.165) is 58.6 Å². The first-order valence-corrected chi connectivity index (χ1v) is 9.27. The van der Waals surface area contributed by atoms with Gasteiger partial charge in [-0.05, 0) is 67.2 Å². The Kier molecular flexibility index (Phi) is 6.10. The van der Waals surface area contributed by atoms with Crippen LogP contribution >= 0.6 is 23.2 Å². The Labute approximate surface area is 159 Å². The van der Waals surface area contributed by atoms with Gasteiger partial charge in [0.25, 0.3) is 0 Å². The number of rotatable bonds is 5. The molecule has 0 spiro atoms. The molecule has 0 amide bonds. The molecule has 3 nitrogen and oxygen atoms in total. The van der Waals surface area contributed by atoms with Gasteiger partial charge in [-0.2, -0.15) is 0 Å². The predicted octanol–water partition coefficient (Wildman–Crippen LogP) is 5.14. The summed E-state index contributed by atoms with van der Waals surface area (Å²) < 4.78 is 10.6. The van der Waals surface area contributed by atoms with Crippen LogP contribution in [-0.4, -0.2) is 27.3 Å². The standard InChI is InChI=1S/C20H23Cl2NO2/c1-24-14-3-5-16(18(21)11-14)20(13-7-9-23-10-8-13)17-6-4-15(25-2)12-19(17)22/h3-6,11-13,20,23H,7-10H2,1-2H3. The van der Waals surface area contributed by atoms with E-state index in [2.05, 4.69) is 17.4 Å². The van der Waals surface area contributed by atoms with Crippen molar-refractivity contribution in [3.63, 3.8) is 0 Å². The molecular formula is C20H23Cl2NO2. The average Bonchev–Trinajstić information content (AvgIpc) is 2.65. The highest BCUT2D eigenvalue weighted by atomic mass is 35.5. The van der Waals surface area contributed by atoms with Crippen molar-refractivity contribution in [1.29, 1.82) is 0 Å². The zero-order valence-electron chi connectivity index (χ0n) is 14.5. The van der Waals surface area contributed by atoms with E-state index < -0.39 is 0 Å². The van der Waals surface area contributed by atoms with E-state index in [0.29, 0.717) is 5.92 Å². The van der Waals surface area contributed by atoms with Crippen LogP contribution in [-0.2, 0) is 0 Å². The van der Waals surface area contributed by atoms with E-state index in [9.17, 15) is 0 Å². The van der Waals surface area contributed by atoms with Crippen LogP contribution in [0.3, 0.4) is 0 Å². The molecule has 1 heterocycles. The summed E-state index contributed by atoms with van der Waals surface area (Å²) in [4.78, 5) is 0. The van der Waals surface area contributed by atoms with Gasteiger partial charge in [0.15, 0.2) is 0 Å². The zero-order valence-corrected chi connectivity index (χ0v) is 16.0. The molecule has 2 aromatic rings. The third-order valence-corrected chi connectivity index (χ3v) is 5.60. The van der Waals surface area contributed by atoms with Crippen LogP contribution in [0, 0.1) is 5.92 Å². The average molecular weight is 380 g/mol. The normalized spacial score (nSPS) is 15.4. The van der Waals surface area contributed by atoms with Crippen LogP contribution in [0.25, 0.3) is 0 Å². The van der Waals surface area contributed by atoms with Gasteiger partial charge in [-0.25, -0.2) is 0 Å². The van der Waals surface area contributed by atoms with E-state index in [1.165, 1.54) is 0 Å². The quantitative estimate of drug-likeness (QED) is 0.779. The summed E-state index contributed by atoms with van der Waals surface area (Å²) in [5, 5.41) is 4.87. The fraction of sp³-hybridized carbons (Fsp3) is 0.400. The fourth-order valence-corrected chi connectivity index (χ4v) is 4.20. The van der Waals surface area contributed by atoms with Crippen LogP contribution in [0.1, 0.15) is 29.9 Å². The summed E-state index contributed by atoms with van der Waals surface area (Å²) in [5.41, 5.74) is 2.20. The van der Waals surface area contributed by atoms with Crippen molar-refractivity contribution in [2.75, 3.05) is 27.3 Å². The lowest BCUT2D eigenvalue weighted by Gasteiger charge is -2.32. The molecule has 1 saturated heterocycles. The molecule has 2 aromatic carbocycles. The summed E-state index contributed by atoms with van der Waals surface area (Å²) in [5.74, 6) is 2.16. The minimum Gasteiger partial charge on any atom is -0.497 e. The molecule has 5 heteroatoms. The van der Waals surface area contributed by atoms with Gasteiger partial charge >= 0.3 is 0 Å². The second-order valence-electron chi connectivity index (χ2n) is 6.34. The number of methoxy groups -OCH3 is 2. The number of nitrogens with one attached hydrogen (secondary N) is 1. The SMILES string of the molecule is COc1ccc(C(c2ccc(OC)cc2Cl)C2CCNCC2)c(Cl)c1. The van der Waals surface area contributed by atoms with Crippen molar-refractivity contribution < 1.29 is 9.47 Å². The molecule has 0 bridgehead atoms. The van der Waals surface area contributed by atoms with Gasteiger partial charge in [0.2, 0.25) is 0 Å². The first-order valence-electron chi connectivity index (χ1n) is 8.51. The first kappa shape index (κ1) is 18.4. The highest BCUT2D eigenvalue weighted by molar-refractivity contribution is 6.32. The molecule has 1 N–H and O–H groups in total. The molecule has 1 aliphatic heterocycles. The van der Waals surface area contributed by atoms with E-state index in [1.54, 1.807) is 14.2 Å². The zero-order chi connectivity index (χ0) is 17.8. The lowest BCUT2D eigenvalue weighted by atomic mass is 9.76. The van der Waals surface area contributed by atoms with Crippen molar-refractivity contribution in [3.8, 4) is 11.5 Å². The Bertz CT molecular complexity index is 676. The molecule has 0 aliphatic carbocycles. The van der Waals surface area contributed by atoms with Crippen molar-refractivity contribution in [2.24, 2.45) is 5.92 Å². The Morgan fingerprint density at radius 2 is 1.36 bits per heavy atom. The Morgan fingerprint density at radius 3 is 1.76 bits per heavy atom. The second-order valence-corrected chi connectivity index (χ2v) is 7.15. The third kappa shape index (κ3) is 4.05. The Balaban J connectivity index is 2.06. The maximum absolute atomic E-state index is 6.62. The van der Waals surface area contributed by atoms with E-state index in [4.69, 9.17) is 32.7 Å². The molecule has 0 unspecified atom stereocenters. The van der Waals surface area contributed by atoms with Gasteiger partial charge < -0.3 is 14.8 Å². The van der Waals surface area contributed by atoms with Gasteiger partial charge in [-0.1, -0.05) is 35.3 Å². The molecule has 1 aliphatic rings. The van der Waals surface area contributed by atoms with Crippen molar-refractivity contribution in [3.05, 3.63) is 57.6 Å². The lowest BCUT2D eigenvalue weighted by molar-refractivity contribution is 0.342. The molecule has 0 radical (unpaired) electrons. The minimum atomic E-state index is 0.152. The van der Waals surface area contributed by atoms with E-state index >= 15 is 0 Å². The number of piperidine rings is 1. The van der Waals surface area contributed by atoms with Crippen LogP contribution < -0.4 is 14.8 Å². The number of benzene rings is 2. The van der Waals surface area contributed by atoms with E-state index in [-0.39, 0.29) is 5.92 Å². The van der Waals surface area contributed by atoms with Crippen LogP contribution in [0.4, 0.5) is 0 Å². The molecule has 0 aromatic heterocycles. The molecule has 25 heavy (non-hydrogen) atoms.